The van der Waals surface area contributed by atoms with Gasteiger partial charge in [0.15, 0.2) is 5.69 Å². The summed E-state index contributed by atoms with van der Waals surface area (Å²) in [6.07, 6.45) is 0. The summed E-state index contributed by atoms with van der Waals surface area (Å²) in [5.74, 6) is -0.349. The van der Waals surface area contributed by atoms with Crippen LogP contribution in [0.3, 0.4) is 0 Å². The molecule has 0 aliphatic carbocycles. The Kier molecular flexibility index (Phi) is 4.28. The number of carboxylic acid groups (broad SMARTS) is 1. The van der Waals surface area contributed by atoms with Crippen molar-refractivity contribution in [2.24, 2.45) is 7.05 Å². The lowest BCUT2D eigenvalue weighted by molar-refractivity contribution is 0.0689. The Bertz CT molecular complexity index is 662. The average Bonchev–Trinajstić information content (AvgIpc) is 2.80. The van der Waals surface area contributed by atoms with Gasteiger partial charge in [0.25, 0.3) is 0 Å². The second kappa shape index (κ2) is 5.97. The lowest BCUT2D eigenvalue weighted by Gasteiger charge is -2.14. The first-order chi connectivity index (χ1) is 9.92. The van der Waals surface area contributed by atoms with Crippen molar-refractivity contribution in [3.05, 3.63) is 35.5 Å². The van der Waals surface area contributed by atoms with Crippen molar-refractivity contribution in [3.63, 3.8) is 0 Å². The van der Waals surface area contributed by atoms with Crippen LogP contribution < -0.4 is 4.74 Å². The van der Waals surface area contributed by atoms with Crippen molar-refractivity contribution < 1.29 is 14.6 Å². The van der Waals surface area contributed by atoms with Gasteiger partial charge in [-0.1, -0.05) is 6.07 Å². The Morgan fingerprint density at radius 2 is 2.10 bits per heavy atom. The van der Waals surface area contributed by atoms with Gasteiger partial charge in [-0.3, -0.25) is 4.68 Å². The number of aromatic nitrogens is 2. The molecule has 0 saturated carbocycles. The smallest absolute Gasteiger partial charge is 0.356 e. The number of carbonyl (C=O) groups is 1. The maximum atomic E-state index is 11.1. The molecule has 112 valence electrons. The maximum absolute atomic E-state index is 11.1. The minimum atomic E-state index is -1.04. The van der Waals surface area contributed by atoms with E-state index in [4.69, 9.17) is 9.84 Å². The molecule has 1 heterocycles. The molecule has 0 spiro atoms. The van der Waals surface area contributed by atoms with Crippen molar-refractivity contribution in [3.8, 4) is 17.0 Å². The molecule has 0 atom stereocenters. The predicted molar refractivity (Wildman–Crippen MR) is 79.5 cm³/mol. The summed E-state index contributed by atoms with van der Waals surface area (Å²) in [6, 6.07) is 7.44. The van der Waals surface area contributed by atoms with Gasteiger partial charge < -0.3 is 14.7 Å². The van der Waals surface area contributed by atoms with Crippen LogP contribution in [0.5, 0.6) is 5.75 Å². The molecule has 1 aromatic heterocycles. The molecule has 2 aromatic rings. The van der Waals surface area contributed by atoms with Gasteiger partial charge in [-0.2, -0.15) is 5.10 Å². The Labute approximate surface area is 123 Å². The minimum Gasteiger partial charge on any atom is -0.496 e. The van der Waals surface area contributed by atoms with E-state index in [2.05, 4.69) is 10.00 Å². The lowest BCUT2D eigenvalue weighted by Crippen LogP contribution is -2.10. The normalized spacial score (nSPS) is 10.9. The molecule has 6 heteroatoms. The molecular weight excluding hydrogens is 270 g/mol. The number of rotatable bonds is 5. The summed E-state index contributed by atoms with van der Waals surface area (Å²) in [7, 11) is 7.31. The topological polar surface area (TPSA) is 67.6 Å². The number of benzene rings is 1. The molecule has 1 N–H and O–H groups in total. The number of aromatic carboxylic acids is 1. The van der Waals surface area contributed by atoms with E-state index in [1.165, 1.54) is 0 Å². The molecule has 2 rings (SSSR count). The highest BCUT2D eigenvalue weighted by Crippen LogP contribution is 2.31. The van der Waals surface area contributed by atoms with Crippen molar-refractivity contribution in [2.75, 3.05) is 21.2 Å². The van der Waals surface area contributed by atoms with E-state index in [0.29, 0.717) is 11.4 Å². The van der Waals surface area contributed by atoms with Crippen LogP contribution in [0.15, 0.2) is 24.3 Å². The van der Waals surface area contributed by atoms with Crippen molar-refractivity contribution in [1.29, 1.82) is 0 Å². The molecule has 6 nitrogen and oxygen atoms in total. The first-order valence-corrected chi connectivity index (χ1v) is 6.51. The van der Waals surface area contributed by atoms with Crippen LogP contribution >= 0.6 is 0 Å². The summed E-state index contributed by atoms with van der Waals surface area (Å²) in [4.78, 5) is 13.1. The fraction of sp³-hybridized carbons (Fsp3) is 0.333. The van der Waals surface area contributed by atoms with Crippen molar-refractivity contribution >= 4 is 5.97 Å². The Hall–Kier alpha value is -2.34. The Balaban J connectivity index is 2.52. The minimum absolute atomic E-state index is 0.0209. The number of ether oxygens (including phenoxy) is 1. The molecule has 0 unspecified atom stereocenters. The zero-order valence-corrected chi connectivity index (χ0v) is 12.6. The number of nitrogens with zero attached hydrogens (tertiary/aromatic N) is 3. The number of hydrogen-bond acceptors (Lipinski definition) is 4. The van der Waals surface area contributed by atoms with E-state index < -0.39 is 5.97 Å². The average molecular weight is 289 g/mol. The van der Waals surface area contributed by atoms with Gasteiger partial charge in [-0.15, -0.1) is 0 Å². The second-order valence-corrected chi connectivity index (χ2v) is 5.12. The molecular formula is C15H19N3O3. The molecule has 0 radical (unpaired) electrons. The van der Waals surface area contributed by atoms with Gasteiger partial charge in [0, 0.05) is 19.2 Å². The third-order valence-corrected chi connectivity index (χ3v) is 3.14. The molecule has 0 amide bonds. The number of hydrogen-bond donors (Lipinski definition) is 1. The Morgan fingerprint density at radius 3 is 2.62 bits per heavy atom. The van der Waals surface area contributed by atoms with Crippen LogP contribution in [-0.2, 0) is 13.6 Å². The van der Waals surface area contributed by atoms with E-state index in [-0.39, 0.29) is 5.69 Å². The summed E-state index contributed by atoms with van der Waals surface area (Å²) >= 11 is 0. The molecule has 0 aliphatic heterocycles. The van der Waals surface area contributed by atoms with Crippen LogP contribution in [-0.4, -0.2) is 47.0 Å². The quantitative estimate of drug-likeness (QED) is 0.910. The predicted octanol–water partition coefficient (Wildman–Crippen LogP) is 1.86. The third kappa shape index (κ3) is 3.22. The van der Waals surface area contributed by atoms with Gasteiger partial charge in [-0.05, 0) is 37.9 Å². The van der Waals surface area contributed by atoms with E-state index in [1.54, 1.807) is 24.9 Å². The molecule has 21 heavy (non-hydrogen) atoms. The highest BCUT2D eigenvalue weighted by atomic mass is 16.5. The standard InChI is InChI=1S/C15H19N3O3/c1-17(2)9-10-5-6-14(21-4)11(7-10)13-8-12(15(19)20)16-18(13)3/h5-8H,9H2,1-4H3,(H,19,20). The number of methoxy groups -OCH3 is 1. The van der Waals surface area contributed by atoms with E-state index >= 15 is 0 Å². The zero-order chi connectivity index (χ0) is 15.6. The van der Waals surface area contributed by atoms with Gasteiger partial charge in [0.05, 0.1) is 12.8 Å². The highest BCUT2D eigenvalue weighted by Gasteiger charge is 2.16. The van der Waals surface area contributed by atoms with Crippen molar-refractivity contribution in [1.82, 2.24) is 14.7 Å². The van der Waals surface area contributed by atoms with Crippen molar-refractivity contribution in [2.45, 2.75) is 6.54 Å². The molecule has 1 aromatic carbocycles. The van der Waals surface area contributed by atoms with Gasteiger partial charge in [0.1, 0.15) is 5.75 Å². The van der Waals surface area contributed by atoms with Gasteiger partial charge in [-0.25, -0.2) is 4.79 Å². The number of carboxylic acids is 1. The second-order valence-electron chi connectivity index (χ2n) is 5.12. The first kappa shape index (κ1) is 15.1. The monoisotopic (exact) mass is 289 g/mol. The molecule has 0 saturated heterocycles. The SMILES string of the molecule is COc1ccc(CN(C)C)cc1-c1cc(C(=O)O)nn1C. The zero-order valence-electron chi connectivity index (χ0n) is 12.6. The van der Waals surface area contributed by atoms with Crippen LogP contribution in [0.1, 0.15) is 16.1 Å². The summed E-state index contributed by atoms with van der Waals surface area (Å²) in [6.45, 7) is 0.792. The van der Waals surface area contributed by atoms with Crippen LogP contribution in [0.4, 0.5) is 0 Å². The summed E-state index contributed by atoms with van der Waals surface area (Å²) in [5.41, 5.74) is 2.69. The third-order valence-electron chi connectivity index (χ3n) is 3.14. The Morgan fingerprint density at radius 1 is 1.38 bits per heavy atom. The fourth-order valence-corrected chi connectivity index (χ4v) is 2.24. The summed E-state index contributed by atoms with van der Waals surface area (Å²) in [5, 5.41) is 13.1. The van der Waals surface area contributed by atoms with E-state index in [1.807, 2.05) is 32.3 Å². The first-order valence-electron chi connectivity index (χ1n) is 6.51. The van der Waals surface area contributed by atoms with Crippen LogP contribution in [0, 0.1) is 0 Å². The lowest BCUT2D eigenvalue weighted by atomic mass is 10.1. The maximum Gasteiger partial charge on any atom is 0.356 e. The molecule has 0 aliphatic rings. The van der Waals surface area contributed by atoms with Gasteiger partial charge >= 0.3 is 5.97 Å². The summed E-state index contributed by atoms with van der Waals surface area (Å²) < 4.78 is 6.94. The van der Waals surface area contributed by atoms with Crippen LogP contribution in [0.2, 0.25) is 0 Å². The largest absolute Gasteiger partial charge is 0.496 e. The molecule has 0 fully saturated rings. The fourth-order valence-electron chi connectivity index (χ4n) is 2.24. The van der Waals surface area contributed by atoms with Gasteiger partial charge in [0.2, 0.25) is 0 Å². The van der Waals surface area contributed by atoms with Crippen LogP contribution in [0.25, 0.3) is 11.3 Å². The number of aryl methyl sites for hydroxylation is 1. The highest BCUT2D eigenvalue weighted by molar-refractivity contribution is 5.87. The van der Waals surface area contributed by atoms with E-state index in [0.717, 1.165) is 17.7 Å². The van der Waals surface area contributed by atoms with E-state index in [9.17, 15) is 4.79 Å². The molecule has 0 bridgehead atoms.